The van der Waals surface area contributed by atoms with E-state index in [1.165, 1.54) is 5.56 Å². The molecule has 1 heterocycles. The van der Waals surface area contributed by atoms with E-state index in [1.807, 2.05) is 49.4 Å². The van der Waals surface area contributed by atoms with Crippen LogP contribution in [-0.2, 0) is 0 Å². The number of nitrogens with one attached hydrogen (secondary N) is 1. The van der Waals surface area contributed by atoms with Gasteiger partial charge in [0.25, 0.3) is 5.56 Å². The maximum absolute atomic E-state index is 12.0. The van der Waals surface area contributed by atoms with Crippen LogP contribution in [0.1, 0.15) is 16.7 Å². The van der Waals surface area contributed by atoms with Gasteiger partial charge in [0, 0.05) is 11.7 Å². The van der Waals surface area contributed by atoms with Gasteiger partial charge in [-0.25, -0.2) is 0 Å². The Balaban J connectivity index is 2.03. The Bertz CT molecular complexity index is 891. The molecule has 0 saturated carbocycles. The number of aryl methyl sites for hydroxylation is 2. The summed E-state index contributed by atoms with van der Waals surface area (Å²) in [7, 11) is 0. The first-order valence-corrected chi connectivity index (χ1v) is 6.87. The number of hydrogen-bond donors (Lipinski definition) is 1. The number of hydrogen-bond acceptors (Lipinski definition) is 2. The third-order valence-electron chi connectivity index (χ3n) is 3.48. The Kier molecular flexibility index (Phi) is 3.40. The molecule has 104 valence electrons. The van der Waals surface area contributed by atoms with Crippen LogP contribution in [0.3, 0.4) is 0 Å². The number of H-pyrrole nitrogens is 1. The third-order valence-corrected chi connectivity index (χ3v) is 3.48. The van der Waals surface area contributed by atoms with Crippen LogP contribution in [0.4, 0.5) is 5.69 Å². The topological polar surface area (TPSA) is 45.2 Å². The second-order valence-electron chi connectivity index (χ2n) is 5.19. The molecule has 1 aromatic heterocycles. The van der Waals surface area contributed by atoms with Crippen molar-refractivity contribution in [2.45, 2.75) is 13.8 Å². The third kappa shape index (κ3) is 2.77. The molecule has 0 spiro atoms. The monoisotopic (exact) mass is 276 g/mol. The van der Waals surface area contributed by atoms with Crippen molar-refractivity contribution in [3.8, 4) is 0 Å². The summed E-state index contributed by atoms with van der Waals surface area (Å²) >= 11 is 0. The summed E-state index contributed by atoms with van der Waals surface area (Å²) in [5, 5.41) is 0.999. The molecule has 1 N–H and O–H groups in total. The zero-order valence-electron chi connectivity index (χ0n) is 12.1. The molecule has 0 saturated heterocycles. The molecule has 0 amide bonds. The van der Waals surface area contributed by atoms with Crippen molar-refractivity contribution in [2.75, 3.05) is 0 Å². The van der Waals surface area contributed by atoms with Gasteiger partial charge in [-0.15, -0.1) is 0 Å². The van der Waals surface area contributed by atoms with Crippen LogP contribution >= 0.6 is 0 Å². The van der Waals surface area contributed by atoms with Crippen LogP contribution in [0.15, 0.2) is 58.3 Å². The Hall–Kier alpha value is -2.68. The number of benzene rings is 2. The normalized spacial score (nSPS) is 11.3. The highest BCUT2D eigenvalue weighted by Gasteiger charge is 2.01. The fourth-order valence-corrected chi connectivity index (χ4v) is 2.35. The van der Waals surface area contributed by atoms with E-state index < -0.39 is 0 Å². The average molecular weight is 276 g/mol. The number of nitrogens with zero attached hydrogens (tertiary/aromatic N) is 1. The molecule has 0 aliphatic carbocycles. The number of rotatable bonds is 2. The van der Waals surface area contributed by atoms with Gasteiger partial charge in [0.15, 0.2) is 0 Å². The quantitative estimate of drug-likeness (QED) is 0.709. The second-order valence-corrected chi connectivity index (χ2v) is 5.19. The van der Waals surface area contributed by atoms with Crippen molar-refractivity contribution in [2.24, 2.45) is 4.99 Å². The number of fused-ring (bicyclic) bond motifs is 1. The molecule has 3 rings (SSSR count). The highest BCUT2D eigenvalue weighted by molar-refractivity contribution is 5.88. The van der Waals surface area contributed by atoms with Gasteiger partial charge in [0.1, 0.15) is 0 Å². The van der Waals surface area contributed by atoms with Crippen LogP contribution in [-0.4, -0.2) is 11.2 Å². The molecule has 2 aromatic carbocycles. The molecular formula is C18H16N2O. The average Bonchev–Trinajstić information content (AvgIpc) is 2.46. The number of para-hydroxylation sites is 1. The van der Waals surface area contributed by atoms with Crippen LogP contribution < -0.4 is 5.56 Å². The first kappa shape index (κ1) is 13.3. The number of pyridine rings is 1. The Morgan fingerprint density at radius 2 is 1.86 bits per heavy atom. The van der Waals surface area contributed by atoms with Gasteiger partial charge in [0.05, 0.1) is 11.3 Å². The largest absolute Gasteiger partial charge is 0.321 e. The van der Waals surface area contributed by atoms with Crippen molar-refractivity contribution in [1.82, 2.24) is 4.98 Å². The molecule has 0 fully saturated rings. The minimum atomic E-state index is -0.123. The first-order valence-electron chi connectivity index (χ1n) is 6.87. The molecule has 3 nitrogen and oxygen atoms in total. The maximum Gasteiger partial charge on any atom is 0.257 e. The van der Waals surface area contributed by atoms with E-state index in [4.69, 9.17) is 0 Å². The highest BCUT2D eigenvalue weighted by Crippen LogP contribution is 2.19. The van der Waals surface area contributed by atoms with Crippen LogP contribution in [0.2, 0.25) is 0 Å². The van der Waals surface area contributed by atoms with E-state index >= 15 is 0 Å². The second kappa shape index (κ2) is 5.37. The van der Waals surface area contributed by atoms with E-state index in [1.54, 1.807) is 6.21 Å². The van der Waals surface area contributed by atoms with Crippen molar-refractivity contribution < 1.29 is 0 Å². The summed E-state index contributed by atoms with van der Waals surface area (Å²) in [5.41, 5.74) is 4.47. The van der Waals surface area contributed by atoms with Gasteiger partial charge >= 0.3 is 0 Å². The number of aliphatic imine (C=N–C) groups is 1. The molecule has 0 radical (unpaired) electrons. The Labute approximate surface area is 123 Å². The molecule has 0 bridgehead atoms. The van der Waals surface area contributed by atoms with Crippen LogP contribution in [0.5, 0.6) is 0 Å². The van der Waals surface area contributed by atoms with E-state index in [0.717, 1.165) is 22.2 Å². The fraction of sp³-hybridized carbons (Fsp3) is 0.111. The van der Waals surface area contributed by atoms with Gasteiger partial charge < -0.3 is 4.98 Å². The molecule has 0 atom stereocenters. The minimum absolute atomic E-state index is 0.123. The number of aromatic nitrogens is 1. The van der Waals surface area contributed by atoms with Crippen molar-refractivity contribution in [1.29, 1.82) is 0 Å². The molecule has 0 aliphatic rings. The summed E-state index contributed by atoms with van der Waals surface area (Å²) in [4.78, 5) is 19.4. The minimum Gasteiger partial charge on any atom is -0.321 e. The van der Waals surface area contributed by atoms with Crippen molar-refractivity contribution in [3.63, 3.8) is 0 Å². The molecule has 3 heteroatoms. The van der Waals surface area contributed by atoms with E-state index in [9.17, 15) is 4.79 Å². The molecule has 21 heavy (non-hydrogen) atoms. The number of aromatic amines is 1. The van der Waals surface area contributed by atoms with E-state index in [0.29, 0.717) is 5.56 Å². The van der Waals surface area contributed by atoms with Crippen LogP contribution in [0.25, 0.3) is 10.9 Å². The van der Waals surface area contributed by atoms with Crippen molar-refractivity contribution >= 4 is 22.8 Å². The maximum atomic E-state index is 12.0. The lowest BCUT2D eigenvalue weighted by atomic mass is 10.1. The summed E-state index contributed by atoms with van der Waals surface area (Å²) < 4.78 is 0. The lowest BCUT2D eigenvalue weighted by Gasteiger charge is -2.02. The smallest absolute Gasteiger partial charge is 0.257 e. The molecule has 0 unspecified atom stereocenters. The predicted octanol–water partition coefficient (Wildman–Crippen LogP) is 3.90. The predicted molar refractivity (Wildman–Crippen MR) is 87.7 cm³/mol. The summed E-state index contributed by atoms with van der Waals surface area (Å²) in [6.07, 6.45) is 1.63. The highest BCUT2D eigenvalue weighted by atomic mass is 16.1. The molecule has 0 aliphatic heterocycles. The fourth-order valence-electron chi connectivity index (χ4n) is 2.35. The van der Waals surface area contributed by atoms with Gasteiger partial charge in [-0.3, -0.25) is 9.79 Å². The first-order chi connectivity index (χ1) is 10.1. The standard InChI is InChI=1S/C18H16N2O/c1-12-7-8-16(13(2)9-12)19-11-15-10-14-5-3-4-6-17(14)20-18(15)21/h3-11H,1-2H3,(H,20,21). The lowest BCUT2D eigenvalue weighted by molar-refractivity contribution is 1.29. The Morgan fingerprint density at radius 3 is 2.67 bits per heavy atom. The SMILES string of the molecule is Cc1ccc(N=Cc2cc3ccccc3[nH]c2=O)c(C)c1. The molecule has 3 aromatic rings. The summed E-state index contributed by atoms with van der Waals surface area (Å²) in [5.74, 6) is 0. The van der Waals surface area contributed by atoms with Crippen molar-refractivity contribution in [3.05, 3.63) is 75.6 Å². The zero-order valence-corrected chi connectivity index (χ0v) is 12.1. The van der Waals surface area contributed by atoms with E-state index in [2.05, 4.69) is 23.0 Å². The van der Waals surface area contributed by atoms with Gasteiger partial charge in [0.2, 0.25) is 0 Å². The van der Waals surface area contributed by atoms with E-state index in [-0.39, 0.29) is 5.56 Å². The van der Waals surface area contributed by atoms with Gasteiger partial charge in [-0.05, 0) is 43.0 Å². The Morgan fingerprint density at radius 1 is 1.05 bits per heavy atom. The summed E-state index contributed by atoms with van der Waals surface area (Å²) in [6.45, 7) is 4.07. The van der Waals surface area contributed by atoms with Gasteiger partial charge in [-0.1, -0.05) is 35.9 Å². The molecular weight excluding hydrogens is 260 g/mol. The van der Waals surface area contributed by atoms with Gasteiger partial charge in [-0.2, -0.15) is 0 Å². The summed E-state index contributed by atoms with van der Waals surface area (Å²) in [6, 6.07) is 15.6. The lowest BCUT2D eigenvalue weighted by Crippen LogP contribution is -2.11. The van der Waals surface area contributed by atoms with Crippen LogP contribution in [0, 0.1) is 13.8 Å². The zero-order chi connectivity index (χ0) is 14.8.